The highest BCUT2D eigenvalue weighted by Crippen LogP contribution is 2.44. The molecule has 3 aliphatic rings. The van der Waals surface area contributed by atoms with Gasteiger partial charge in [0.15, 0.2) is 0 Å². The summed E-state index contributed by atoms with van der Waals surface area (Å²) in [7, 11) is 0. The molecule has 3 fully saturated rings. The molecular formula is C11H15N3O. The van der Waals surface area contributed by atoms with E-state index in [1.54, 1.807) is 0 Å². The second kappa shape index (κ2) is 2.96. The molecule has 1 N–H and O–H groups in total. The lowest BCUT2D eigenvalue weighted by Crippen LogP contribution is -2.63. The normalized spacial score (nSPS) is 42.5. The molecule has 0 aromatic rings. The van der Waals surface area contributed by atoms with Gasteiger partial charge < -0.3 is 10.2 Å². The fourth-order valence-electron chi connectivity index (χ4n) is 2.87. The third-order valence-corrected chi connectivity index (χ3v) is 4.13. The van der Waals surface area contributed by atoms with Crippen LogP contribution in [0.25, 0.3) is 0 Å². The van der Waals surface area contributed by atoms with Crippen LogP contribution < -0.4 is 5.32 Å². The molecule has 1 amide bonds. The van der Waals surface area contributed by atoms with E-state index in [1.807, 2.05) is 4.90 Å². The molecule has 0 aromatic carbocycles. The summed E-state index contributed by atoms with van der Waals surface area (Å²) in [6.07, 6.45) is 3.01. The van der Waals surface area contributed by atoms with E-state index in [9.17, 15) is 4.79 Å². The minimum absolute atomic E-state index is 0.00418. The van der Waals surface area contributed by atoms with Crippen molar-refractivity contribution < 1.29 is 4.79 Å². The van der Waals surface area contributed by atoms with Crippen LogP contribution in [0.1, 0.15) is 19.3 Å². The number of hydrogen-bond donors (Lipinski definition) is 1. The van der Waals surface area contributed by atoms with Crippen molar-refractivity contribution >= 4 is 5.91 Å². The number of carbonyl (C=O) groups is 1. The molecule has 15 heavy (non-hydrogen) atoms. The second-order valence-corrected chi connectivity index (χ2v) is 4.97. The predicted molar refractivity (Wildman–Crippen MR) is 53.8 cm³/mol. The Morgan fingerprint density at radius 1 is 1.53 bits per heavy atom. The molecule has 1 spiro atoms. The monoisotopic (exact) mass is 205 g/mol. The lowest BCUT2D eigenvalue weighted by atomic mass is 9.83. The minimum atomic E-state index is 0.00418. The third-order valence-electron chi connectivity index (χ3n) is 4.13. The lowest BCUT2D eigenvalue weighted by molar-refractivity contribution is -0.147. The first-order valence-corrected chi connectivity index (χ1v) is 5.69. The molecule has 1 unspecified atom stereocenters. The molecule has 2 saturated heterocycles. The van der Waals surface area contributed by atoms with Crippen molar-refractivity contribution in [2.45, 2.75) is 24.8 Å². The topological polar surface area (TPSA) is 56.1 Å². The smallest absolute Gasteiger partial charge is 0.227 e. The van der Waals surface area contributed by atoms with Gasteiger partial charge in [-0.3, -0.25) is 4.79 Å². The highest BCUT2D eigenvalue weighted by Gasteiger charge is 2.54. The fourth-order valence-corrected chi connectivity index (χ4v) is 2.87. The van der Waals surface area contributed by atoms with Gasteiger partial charge >= 0.3 is 0 Å². The number of likely N-dealkylation sites (tertiary alicyclic amines) is 1. The van der Waals surface area contributed by atoms with Crippen LogP contribution in [0.5, 0.6) is 0 Å². The maximum absolute atomic E-state index is 12.1. The highest BCUT2D eigenvalue weighted by molar-refractivity contribution is 5.84. The number of nitrogens with one attached hydrogen (secondary N) is 1. The van der Waals surface area contributed by atoms with Crippen LogP contribution in [0.15, 0.2) is 0 Å². The standard InChI is InChI=1S/C11H15N3O/c12-6-8-5-9(8)10(15)14-4-2-11(14)1-3-13-7-11/h8-9,13H,1-5,7H2/t8-,9+,11?/m0/s1. The van der Waals surface area contributed by atoms with Crippen LogP contribution in [0.3, 0.4) is 0 Å². The number of rotatable bonds is 1. The summed E-state index contributed by atoms with van der Waals surface area (Å²) >= 11 is 0. The van der Waals surface area contributed by atoms with Gasteiger partial charge in [-0.15, -0.1) is 0 Å². The fraction of sp³-hybridized carbons (Fsp3) is 0.818. The SMILES string of the molecule is N#C[C@@H]1C[C@H]1C(=O)N1CCC12CCNC2. The molecule has 3 atom stereocenters. The number of nitriles is 1. The van der Waals surface area contributed by atoms with Crippen molar-refractivity contribution in [2.75, 3.05) is 19.6 Å². The Morgan fingerprint density at radius 2 is 2.40 bits per heavy atom. The Bertz CT molecular complexity index is 340. The molecule has 3 rings (SSSR count). The van der Waals surface area contributed by atoms with Gasteiger partial charge in [-0.25, -0.2) is 0 Å². The summed E-state index contributed by atoms with van der Waals surface area (Å²) < 4.78 is 0. The summed E-state index contributed by atoms with van der Waals surface area (Å²) in [5, 5.41) is 12.0. The van der Waals surface area contributed by atoms with Crippen molar-refractivity contribution in [3.8, 4) is 6.07 Å². The first kappa shape index (κ1) is 9.17. The molecule has 2 aliphatic heterocycles. The Morgan fingerprint density at radius 3 is 2.87 bits per heavy atom. The zero-order valence-electron chi connectivity index (χ0n) is 8.70. The van der Waals surface area contributed by atoms with Gasteiger partial charge in [0.25, 0.3) is 0 Å². The van der Waals surface area contributed by atoms with Gasteiger partial charge in [-0.05, 0) is 25.8 Å². The largest absolute Gasteiger partial charge is 0.335 e. The summed E-state index contributed by atoms with van der Waals surface area (Å²) in [4.78, 5) is 14.1. The third kappa shape index (κ3) is 1.19. The van der Waals surface area contributed by atoms with E-state index in [0.717, 1.165) is 38.9 Å². The minimum Gasteiger partial charge on any atom is -0.335 e. The van der Waals surface area contributed by atoms with Crippen LogP contribution in [0.2, 0.25) is 0 Å². The van der Waals surface area contributed by atoms with Gasteiger partial charge in [0.2, 0.25) is 5.91 Å². The van der Waals surface area contributed by atoms with Gasteiger partial charge in [0.1, 0.15) is 0 Å². The van der Waals surface area contributed by atoms with E-state index in [-0.39, 0.29) is 23.3 Å². The van der Waals surface area contributed by atoms with E-state index >= 15 is 0 Å². The summed E-state index contributed by atoms with van der Waals surface area (Å²) in [5.41, 5.74) is 0.125. The van der Waals surface area contributed by atoms with E-state index in [4.69, 9.17) is 5.26 Å². The van der Waals surface area contributed by atoms with Gasteiger partial charge in [-0.1, -0.05) is 0 Å². The zero-order chi connectivity index (χ0) is 10.5. The molecule has 1 aliphatic carbocycles. The van der Waals surface area contributed by atoms with Crippen molar-refractivity contribution in [2.24, 2.45) is 11.8 Å². The average molecular weight is 205 g/mol. The Labute approximate surface area is 89.2 Å². The summed E-state index contributed by atoms with van der Waals surface area (Å²) in [5.74, 6) is 0.258. The van der Waals surface area contributed by atoms with Crippen LogP contribution in [-0.4, -0.2) is 36.0 Å². The maximum atomic E-state index is 12.1. The van der Waals surface area contributed by atoms with Crippen molar-refractivity contribution in [1.82, 2.24) is 10.2 Å². The molecule has 0 aromatic heterocycles. The molecule has 0 bridgehead atoms. The van der Waals surface area contributed by atoms with E-state index in [0.29, 0.717) is 0 Å². The Hall–Kier alpha value is -1.08. The van der Waals surface area contributed by atoms with E-state index < -0.39 is 0 Å². The number of amides is 1. The van der Waals surface area contributed by atoms with Crippen molar-refractivity contribution in [3.05, 3.63) is 0 Å². The summed E-state index contributed by atoms with van der Waals surface area (Å²) in [6, 6.07) is 2.19. The van der Waals surface area contributed by atoms with Crippen LogP contribution in [-0.2, 0) is 4.79 Å². The number of hydrogen-bond acceptors (Lipinski definition) is 3. The first-order chi connectivity index (χ1) is 7.27. The zero-order valence-corrected chi connectivity index (χ0v) is 8.70. The van der Waals surface area contributed by atoms with E-state index in [2.05, 4.69) is 11.4 Å². The van der Waals surface area contributed by atoms with Crippen molar-refractivity contribution in [1.29, 1.82) is 5.26 Å². The van der Waals surface area contributed by atoms with E-state index in [1.165, 1.54) is 0 Å². The van der Waals surface area contributed by atoms with Crippen LogP contribution in [0.4, 0.5) is 0 Å². The average Bonchev–Trinajstić information content (AvgIpc) is 2.83. The molecule has 80 valence electrons. The summed E-state index contributed by atoms with van der Waals surface area (Å²) in [6.45, 7) is 2.87. The van der Waals surface area contributed by atoms with Crippen LogP contribution >= 0.6 is 0 Å². The van der Waals surface area contributed by atoms with Gasteiger partial charge in [0.05, 0.1) is 23.4 Å². The van der Waals surface area contributed by atoms with Gasteiger partial charge in [0, 0.05) is 13.1 Å². The lowest BCUT2D eigenvalue weighted by Gasteiger charge is -2.50. The second-order valence-electron chi connectivity index (χ2n) is 4.97. The quantitative estimate of drug-likeness (QED) is 0.661. The molecule has 1 saturated carbocycles. The number of carbonyl (C=O) groups excluding carboxylic acids is 1. The first-order valence-electron chi connectivity index (χ1n) is 5.69. The number of nitrogens with zero attached hydrogens (tertiary/aromatic N) is 2. The predicted octanol–water partition coefficient (Wildman–Crippen LogP) is 0.110. The molecule has 4 heteroatoms. The molecular weight excluding hydrogens is 190 g/mol. The Kier molecular flexibility index (Phi) is 1.81. The molecule has 0 radical (unpaired) electrons. The van der Waals surface area contributed by atoms with Crippen molar-refractivity contribution in [3.63, 3.8) is 0 Å². The highest BCUT2D eigenvalue weighted by atomic mass is 16.2. The molecule has 4 nitrogen and oxygen atoms in total. The molecule has 2 heterocycles. The van der Waals surface area contributed by atoms with Gasteiger partial charge in [-0.2, -0.15) is 5.26 Å². The maximum Gasteiger partial charge on any atom is 0.227 e. The van der Waals surface area contributed by atoms with Crippen LogP contribution in [0, 0.1) is 23.2 Å². The Balaban J connectivity index is 1.69.